The van der Waals surface area contributed by atoms with Gasteiger partial charge in [0.1, 0.15) is 5.75 Å². The number of anilines is 1. The highest BCUT2D eigenvalue weighted by atomic mass is 19.4. The van der Waals surface area contributed by atoms with Crippen molar-refractivity contribution in [1.82, 2.24) is 0 Å². The second-order valence-electron chi connectivity index (χ2n) is 4.68. The van der Waals surface area contributed by atoms with Crippen LogP contribution in [-0.4, -0.2) is 19.2 Å². The van der Waals surface area contributed by atoms with Gasteiger partial charge in [-0.15, -0.1) is 0 Å². The van der Waals surface area contributed by atoms with Crippen LogP contribution in [-0.2, 0) is 0 Å². The third-order valence-electron chi connectivity index (χ3n) is 2.97. The van der Waals surface area contributed by atoms with Crippen molar-refractivity contribution in [3.8, 4) is 5.75 Å². The van der Waals surface area contributed by atoms with Crippen molar-refractivity contribution in [1.29, 1.82) is 0 Å². The molecular formula is C17H14F3NO2. The van der Waals surface area contributed by atoms with Gasteiger partial charge < -0.3 is 10.1 Å². The second kappa shape index (κ2) is 7.00. The lowest BCUT2D eigenvalue weighted by molar-refractivity contribution is -0.0790. The second-order valence-corrected chi connectivity index (χ2v) is 4.68. The minimum absolute atomic E-state index is 0.151. The highest BCUT2D eigenvalue weighted by Gasteiger charge is 2.21. The lowest BCUT2D eigenvalue weighted by Crippen LogP contribution is -2.11. The average molecular weight is 321 g/mol. The Kier molecular flexibility index (Phi) is 5.05. The summed E-state index contributed by atoms with van der Waals surface area (Å²) in [5.74, 6) is 0.250. The van der Waals surface area contributed by atoms with Crippen LogP contribution in [0.3, 0.4) is 0 Å². The Bertz CT molecular complexity index is 707. The van der Waals surface area contributed by atoms with Crippen LogP contribution in [0.25, 0.3) is 6.08 Å². The molecule has 0 heterocycles. The van der Waals surface area contributed by atoms with E-state index >= 15 is 0 Å². The molecule has 2 aromatic rings. The van der Waals surface area contributed by atoms with Crippen molar-refractivity contribution in [2.45, 2.75) is 6.18 Å². The fourth-order valence-electron chi connectivity index (χ4n) is 1.84. The number of methoxy groups -OCH3 is 1. The van der Waals surface area contributed by atoms with Gasteiger partial charge in [0, 0.05) is 23.4 Å². The summed E-state index contributed by atoms with van der Waals surface area (Å²) in [5.41, 5.74) is 1.27. The Hall–Kier alpha value is -2.76. The zero-order chi connectivity index (χ0) is 16.9. The molecular weight excluding hydrogens is 307 g/mol. The van der Waals surface area contributed by atoms with E-state index in [-0.39, 0.29) is 12.0 Å². The number of nitrogens with one attached hydrogen (secondary N) is 1. The van der Waals surface area contributed by atoms with E-state index in [1.54, 1.807) is 24.3 Å². The van der Waals surface area contributed by atoms with Crippen LogP contribution in [0, 0.1) is 0 Å². The molecule has 0 radical (unpaired) electrons. The summed E-state index contributed by atoms with van der Waals surface area (Å²) in [6, 6.07) is 12.7. The van der Waals surface area contributed by atoms with E-state index in [1.165, 1.54) is 31.4 Å². The fourth-order valence-corrected chi connectivity index (χ4v) is 1.84. The molecule has 0 aliphatic carbocycles. The summed E-state index contributed by atoms with van der Waals surface area (Å²) in [4.78, 5) is 12.1. The van der Waals surface area contributed by atoms with E-state index in [1.807, 2.05) is 0 Å². The molecule has 0 aliphatic rings. The first-order valence-corrected chi connectivity index (χ1v) is 6.69. The molecule has 0 spiro atoms. The molecule has 2 aromatic carbocycles. The highest BCUT2D eigenvalue weighted by molar-refractivity contribution is 6.04. The maximum absolute atomic E-state index is 12.1. The van der Waals surface area contributed by atoms with Crippen LogP contribution in [0.2, 0.25) is 0 Å². The molecule has 0 aromatic heterocycles. The fraction of sp³-hybridized carbons (Fsp3) is 0.118. The van der Waals surface area contributed by atoms with Crippen LogP contribution in [0.5, 0.6) is 5.75 Å². The first kappa shape index (κ1) is 16.6. The van der Waals surface area contributed by atoms with Gasteiger partial charge in [0.2, 0.25) is 0 Å². The van der Waals surface area contributed by atoms with E-state index in [0.717, 1.165) is 6.08 Å². The van der Waals surface area contributed by atoms with Crippen LogP contribution < -0.4 is 10.1 Å². The van der Waals surface area contributed by atoms with Crippen LogP contribution >= 0.6 is 0 Å². The summed E-state index contributed by atoms with van der Waals surface area (Å²) in [5, 5.41) is 2.69. The summed E-state index contributed by atoms with van der Waals surface area (Å²) in [7, 11) is 1.52. The molecule has 0 saturated heterocycles. The number of hydrogen-bond acceptors (Lipinski definition) is 2. The Balaban J connectivity index is 2.06. The van der Waals surface area contributed by atoms with Gasteiger partial charge in [0.15, 0.2) is 0 Å². The van der Waals surface area contributed by atoms with Gasteiger partial charge >= 0.3 is 6.18 Å². The van der Waals surface area contributed by atoms with Crippen LogP contribution in [0.1, 0.15) is 15.9 Å². The van der Waals surface area contributed by atoms with Gasteiger partial charge in [-0.25, -0.2) is 0 Å². The number of carbonyl (C=O) groups is 1. The topological polar surface area (TPSA) is 38.3 Å². The van der Waals surface area contributed by atoms with Gasteiger partial charge in [0.05, 0.1) is 7.11 Å². The Morgan fingerprint density at radius 1 is 1.13 bits per heavy atom. The maximum Gasteiger partial charge on any atom is 0.409 e. The van der Waals surface area contributed by atoms with E-state index in [2.05, 4.69) is 5.32 Å². The van der Waals surface area contributed by atoms with Gasteiger partial charge in [-0.1, -0.05) is 24.3 Å². The van der Waals surface area contributed by atoms with Crippen molar-refractivity contribution in [3.05, 3.63) is 65.7 Å². The number of rotatable bonds is 4. The highest BCUT2D eigenvalue weighted by Crippen LogP contribution is 2.19. The van der Waals surface area contributed by atoms with Crippen LogP contribution in [0.15, 0.2) is 54.6 Å². The average Bonchev–Trinajstić information content (AvgIpc) is 2.53. The zero-order valence-electron chi connectivity index (χ0n) is 12.2. The number of benzene rings is 2. The van der Waals surface area contributed by atoms with E-state index in [9.17, 15) is 18.0 Å². The molecule has 1 amide bonds. The summed E-state index contributed by atoms with van der Waals surface area (Å²) in [6.07, 6.45) is -3.26. The van der Waals surface area contributed by atoms with Crippen molar-refractivity contribution < 1.29 is 22.7 Å². The quantitative estimate of drug-likeness (QED) is 0.899. The predicted molar refractivity (Wildman–Crippen MR) is 82.5 cm³/mol. The molecule has 0 atom stereocenters. The summed E-state index contributed by atoms with van der Waals surface area (Å²) in [6.45, 7) is 0. The van der Waals surface area contributed by atoms with Gasteiger partial charge in [-0.2, -0.15) is 13.2 Å². The number of halogens is 3. The molecule has 2 rings (SSSR count). The minimum atomic E-state index is -4.36. The Morgan fingerprint density at radius 2 is 1.83 bits per heavy atom. The van der Waals surface area contributed by atoms with Crippen molar-refractivity contribution in [3.63, 3.8) is 0 Å². The number of hydrogen-bond donors (Lipinski definition) is 1. The number of alkyl halides is 3. The smallest absolute Gasteiger partial charge is 0.409 e. The van der Waals surface area contributed by atoms with Crippen molar-refractivity contribution in [2.24, 2.45) is 0 Å². The van der Waals surface area contributed by atoms with Gasteiger partial charge in [-0.05, 0) is 29.8 Å². The molecule has 0 saturated carbocycles. The molecule has 6 heteroatoms. The van der Waals surface area contributed by atoms with Gasteiger partial charge in [-0.3, -0.25) is 4.79 Å². The third-order valence-corrected chi connectivity index (χ3v) is 2.97. The lowest BCUT2D eigenvalue weighted by Gasteiger charge is -2.07. The number of amides is 1. The molecule has 3 nitrogen and oxygen atoms in total. The van der Waals surface area contributed by atoms with E-state index in [0.29, 0.717) is 22.6 Å². The molecule has 0 bridgehead atoms. The monoisotopic (exact) mass is 321 g/mol. The maximum atomic E-state index is 12.1. The van der Waals surface area contributed by atoms with Crippen molar-refractivity contribution in [2.75, 3.05) is 12.4 Å². The zero-order valence-corrected chi connectivity index (χ0v) is 12.2. The van der Waals surface area contributed by atoms with E-state index in [4.69, 9.17) is 4.74 Å². The SMILES string of the molecule is COc1cccc(NC(=O)c2ccc(C=CC(F)(F)F)cc2)c1. The van der Waals surface area contributed by atoms with Crippen LogP contribution in [0.4, 0.5) is 18.9 Å². The molecule has 0 fully saturated rings. The predicted octanol–water partition coefficient (Wildman–Crippen LogP) is 4.52. The third kappa shape index (κ3) is 5.18. The number of allylic oxidation sites excluding steroid dienone is 1. The van der Waals surface area contributed by atoms with E-state index < -0.39 is 6.18 Å². The molecule has 0 aliphatic heterocycles. The summed E-state index contributed by atoms with van der Waals surface area (Å²) < 4.78 is 41.3. The Morgan fingerprint density at radius 3 is 2.43 bits per heavy atom. The minimum Gasteiger partial charge on any atom is -0.497 e. The molecule has 23 heavy (non-hydrogen) atoms. The molecule has 120 valence electrons. The first-order chi connectivity index (χ1) is 10.9. The lowest BCUT2D eigenvalue weighted by atomic mass is 10.1. The number of ether oxygens (including phenoxy) is 1. The Labute approximate surface area is 131 Å². The summed E-state index contributed by atoms with van der Waals surface area (Å²) >= 11 is 0. The first-order valence-electron chi connectivity index (χ1n) is 6.69. The van der Waals surface area contributed by atoms with Crippen molar-refractivity contribution >= 4 is 17.7 Å². The molecule has 0 unspecified atom stereocenters. The normalized spacial score (nSPS) is 11.5. The molecule has 1 N–H and O–H groups in total. The van der Waals surface area contributed by atoms with Gasteiger partial charge in [0.25, 0.3) is 5.91 Å². The number of carbonyl (C=O) groups excluding carboxylic acids is 1. The largest absolute Gasteiger partial charge is 0.497 e. The standard InChI is InChI=1S/C17H14F3NO2/c1-23-15-4-2-3-14(11-15)21-16(22)13-7-5-12(6-8-13)9-10-17(18,19)20/h2-11H,1H3,(H,21,22).